The van der Waals surface area contributed by atoms with Crippen LogP contribution in [0.5, 0.6) is 0 Å². The van der Waals surface area contributed by atoms with Crippen LogP contribution in [0.25, 0.3) is 0 Å². The van der Waals surface area contributed by atoms with Crippen molar-refractivity contribution < 1.29 is 4.74 Å². The van der Waals surface area contributed by atoms with Gasteiger partial charge in [0.2, 0.25) is 0 Å². The molecule has 0 spiro atoms. The van der Waals surface area contributed by atoms with Crippen LogP contribution in [0.1, 0.15) is 13.3 Å². The van der Waals surface area contributed by atoms with Crippen molar-refractivity contribution in [1.82, 2.24) is 0 Å². The van der Waals surface area contributed by atoms with Gasteiger partial charge in [0.15, 0.2) is 5.05 Å². The van der Waals surface area contributed by atoms with Crippen molar-refractivity contribution in [3.05, 3.63) is 12.7 Å². The lowest BCUT2D eigenvalue weighted by Gasteiger charge is -1.98. The third-order valence-electron chi connectivity index (χ3n) is 0.615. The third kappa shape index (κ3) is 3.81. The fourth-order valence-corrected chi connectivity index (χ4v) is 0.345. The first-order valence-electron chi connectivity index (χ1n) is 2.60. The van der Waals surface area contributed by atoms with Crippen LogP contribution >= 0.6 is 12.2 Å². The highest BCUT2D eigenvalue weighted by molar-refractivity contribution is 7.80. The maximum absolute atomic E-state index is 4.95. The highest BCUT2D eigenvalue weighted by atomic mass is 32.1. The van der Waals surface area contributed by atoms with E-state index in [-0.39, 0.29) is 0 Å². The molecule has 0 aliphatic carbocycles. The van der Waals surface area contributed by atoms with Gasteiger partial charge in [-0.3, -0.25) is 0 Å². The van der Waals surface area contributed by atoms with E-state index in [1.54, 1.807) is 0 Å². The topological polar surface area (TPSA) is 9.23 Å². The summed E-state index contributed by atoms with van der Waals surface area (Å²) in [4.78, 5) is 0. The van der Waals surface area contributed by atoms with Crippen molar-refractivity contribution in [2.75, 3.05) is 6.61 Å². The van der Waals surface area contributed by atoms with E-state index in [4.69, 9.17) is 4.74 Å². The van der Waals surface area contributed by atoms with Crippen LogP contribution in [-0.2, 0) is 4.74 Å². The van der Waals surface area contributed by atoms with Crippen LogP contribution in [-0.4, -0.2) is 11.7 Å². The van der Waals surface area contributed by atoms with Gasteiger partial charge in [-0.25, -0.2) is 0 Å². The van der Waals surface area contributed by atoms with Crippen LogP contribution in [0.15, 0.2) is 12.7 Å². The Balaban J connectivity index is 3.11. The quantitative estimate of drug-likeness (QED) is 0.426. The summed E-state index contributed by atoms with van der Waals surface area (Å²) in [7, 11) is 0. The summed E-state index contributed by atoms with van der Waals surface area (Å²) in [6, 6.07) is 0. The molecule has 0 aromatic heterocycles. The Morgan fingerprint density at radius 2 is 2.50 bits per heavy atom. The van der Waals surface area contributed by atoms with E-state index in [2.05, 4.69) is 18.8 Å². The highest BCUT2D eigenvalue weighted by Gasteiger charge is 1.84. The Bertz CT molecular complexity index is 88.5. The minimum absolute atomic E-state index is 0.492. The highest BCUT2D eigenvalue weighted by Crippen LogP contribution is 1.84. The number of hydrogen-bond acceptors (Lipinski definition) is 2. The number of hydrogen-bond donors (Lipinski definition) is 0. The first-order valence-corrected chi connectivity index (χ1v) is 3.01. The molecule has 0 aliphatic heterocycles. The average Bonchev–Trinajstić information content (AvgIpc) is 1.83. The molecule has 0 aliphatic rings. The molecule has 0 saturated carbocycles. The van der Waals surface area contributed by atoms with Gasteiger partial charge in [-0.15, -0.1) is 0 Å². The van der Waals surface area contributed by atoms with Crippen LogP contribution in [0.2, 0.25) is 0 Å². The fourth-order valence-electron chi connectivity index (χ4n) is 0.262. The SMILES string of the molecule is C=CC(=S)OCCC. The molecule has 0 bridgehead atoms. The summed E-state index contributed by atoms with van der Waals surface area (Å²) in [5.74, 6) is 0. The monoisotopic (exact) mass is 130 g/mol. The minimum Gasteiger partial charge on any atom is -0.483 e. The van der Waals surface area contributed by atoms with Crippen LogP contribution in [0.3, 0.4) is 0 Å². The molecular formula is C6H10OS. The Labute approximate surface area is 55.3 Å². The van der Waals surface area contributed by atoms with Crippen LogP contribution < -0.4 is 0 Å². The number of ether oxygens (including phenoxy) is 1. The van der Waals surface area contributed by atoms with Crippen molar-refractivity contribution in [3.63, 3.8) is 0 Å². The van der Waals surface area contributed by atoms with Crippen molar-refractivity contribution in [1.29, 1.82) is 0 Å². The van der Waals surface area contributed by atoms with Crippen molar-refractivity contribution in [2.24, 2.45) is 0 Å². The summed E-state index contributed by atoms with van der Waals surface area (Å²) < 4.78 is 4.95. The maximum Gasteiger partial charge on any atom is 0.183 e. The smallest absolute Gasteiger partial charge is 0.183 e. The van der Waals surface area contributed by atoms with Crippen molar-refractivity contribution in [2.45, 2.75) is 13.3 Å². The zero-order chi connectivity index (χ0) is 6.41. The Morgan fingerprint density at radius 1 is 1.88 bits per heavy atom. The zero-order valence-electron chi connectivity index (χ0n) is 5.02. The molecule has 46 valence electrons. The molecule has 8 heavy (non-hydrogen) atoms. The fraction of sp³-hybridized carbons (Fsp3) is 0.500. The van der Waals surface area contributed by atoms with E-state index in [9.17, 15) is 0 Å². The summed E-state index contributed by atoms with van der Waals surface area (Å²) >= 11 is 4.68. The molecule has 2 heteroatoms. The molecule has 1 nitrogen and oxygen atoms in total. The molecule has 0 fully saturated rings. The summed E-state index contributed by atoms with van der Waals surface area (Å²) in [5, 5.41) is 0.492. The average molecular weight is 130 g/mol. The minimum atomic E-state index is 0.492. The zero-order valence-corrected chi connectivity index (χ0v) is 5.83. The molecule has 0 aromatic rings. The molecule has 0 N–H and O–H groups in total. The lowest BCUT2D eigenvalue weighted by molar-refractivity contribution is 0.315. The van der Waals surface area contributed by atoms with Crippen LogP contribution in [0, 0.1) is 0 Å². The standard InChI is InChI=1S/C6H10OS/c1-3-5-7-6(8)4-2/h4H,2-3,5H2,1H3. The molecule has 0 aromatic carbocycles. The summed E-state index contributed by atoms with van der Waals surface area (Å²) in [6.45, 7) is 6.18. The van der Waals surface area contributed by atoms with Gasteiger partial charge >= 0.3 is 0 Å². The summed E-state index contributed by atoms with van der Waals surface area (Å²) in [6.07, 6.45) is 2.53. The van der Waals surface area contributed by atoms with Crippen molar-refractivity contribution in [3.8, 4) is 0 Å². The van der Waals surface area contributed by atoms with Gasteiger partial charge in [-0.05, 0) is 24.7 Å². The molecule has 0 amide bonds. The van der Waals surface area contributed by atoms with E-state index in [0.717, 1.165) is 6.42 Å². The van der Waals surface area contributed by atoms with E-state index in [0.29, 0.717) is 11.7 Å². The van der Waals surface area contributed by atoms with E-state index in [1.807, 2.05) is 6.92 Å². The maximum atomic E-state index is 4.95. The van der Waals surface area contributed by atoms with Crippen molar-refractivity contribution >= 4 is 17.3 Å². The second kappa shape index (κ2) is 4.78. The largest absolute Gasteiger partial charge is 0.483 e. The Hall–Kier alpha value is -0.370. The second-order valence-corrected chi connectivity index (χ2v) is 1.77. The predicted molar refractivity (Wildman–Crippen MR) is 39.0 cm³/mol. The van der Waals surface area contributed by atoms with Gasteiger partial charge in [0.05, 0.1) is 6.61 Å². The van der Waals surface area contributed by atoms with Gasteiger partial charge in [0.1, 0.15) is 0 Å². The summed E-state index contributed by atoms with van der Waals surface area (Å²) in [5.41, 5.74) is 0. The first-order chi connectivity index (χ1) is 3.81. The number of thiocarbonyl (C=S) groups is 1. The molecule has 0 saturated heterocycles. The third-order valence-corrected chi connectivity index (χ3v) is 0.900. The lowest BCUT2D eigenvalue weighted by Crippen LogP contribution is -1.97. The Kier molecular flexibility index (Phi) is 4.56. The Morgan fingerprint density at radius 3 is 2.88 bits per heavy atom. The van der Waals surface area contributed by atoms with E-state index >= 15 is 0 Å². The van der Waals surface area contributed by atoms with Gasteiger partial charge in [0.25, 0.3) is 0 Å². The van der Waals surface area contributed by atoms with Gasteiger partial charge in [-0.2, -0.15) is 0 Å². The van der Waals surface area contributed by atoms with Gasteiger partial charge in [0, 0.05) is 0 Å². The number of rotatable bonds is 3. The predicted octanol–water partition coefficient (Wildman–Crippen LogP) is 1.93. The second-order valence-electron chi connectivity index (χ2n) is 1.37. The molecule has 0 rings (SSSR count). The molecular weight excluding hydrogens is 120 g/mol. The molecule has 0 atom stereocenters. The van der Waals surface area contributed by atoms with Crippen LogP contribution in [0.4, 0.5) is 0 Å². The van der Waals surface area contributed by atoms with E-state index in [1.165, 1.54) is 6.08 Å². The molecule has 0 unspecified atom stereocenters. The van der Waals surface area contributed by atoms with Gasteiger partial charge in [-0.1, -0.05) is 13.5 Å². The first kappa shape index (κ1) is 7.63. The van der Waals surface area contributed by atoms with Gasteiger partial charge < -0.3 is 4.74 Å². The molecule has 0 radical (unpaired) electrons. The molecule has 0 heterocycles. The normalized spacial score (nSPS) is 8.12. The lowest BCUT2D eigenvalue weighted by atomic mass is 10.5. The van der Waals surface area contributed by atoms with E-state index < -0.39 is 0 Å².